The molecule has 90 valence electrons. The summed E-state index contributed by atoms with van der Waals surface area (Å²) in [6.45, 7) is 5.19. The van der Waals surface area contributed by atoms with E-state index in [1.54, 1.807) is 14.2 Å². The summed E-state index contributed by atoms with van der Waals surface area (Å²) in [5.74, 6) is -0.0561. The molecule has 0 heterocycles. The van der Waals surface area contributed by atoms with E-state index in [1.165, 1.54) is 0 Å². The molecule has 0 aromatic carbocycles. The molecule has 0 saturated carbocycles. The molecule has 0 fully saturated rings. The Morgan fingerprint density at radius 1 is 1.20 bits per heavy atom. The van der Waals surface area contributed by atoms with Crippen molar-refractivity contribution in [2.24, 2.45) is 5.92 Å². The number of ether oxygens (including phenoxy) is 2. The maximum atomic E-state index is 11.4. The first-order valence-electron chi connectivity index (χ1n) is 5.18. The number of carbonyl (C=O) groups is 1. The summed E-state index contributed by atoms with van der Waals surface area (Å²) in [4.78, 5) is 11.4. The highest BCUT2D eigenvalue weighted by Gasteiger charge is 2.10. The first-order valence-corrected chi connectivity index (χ1v) is 5.18. The number of hydrogen-bond acceptors (Lipinski definition) is 4. The summed E-state index contributed by atoms with van der Waals surface area (Å²) in [6, 6.07) is 0. The molecule has 2 N–H and O–H groups in total. The fourth-order valence-electron chi connectivity index (χ4n) is 1.07. The molecule has 1 amide bonds. The number of carbonyl (C=O) groups excluding carboxylic acids is 1. The SMILES string of the molecule is COCCNCCNC(=O)C(C)COC. The largest absolute Gasteiger partial charge is 0.384 e. The van der Waals surface area contributed by atoms with Gasteiger partial charge in [0.15, 0.2) is 0 Å². The molecule has 5 nitrogen and oxygen atoms in total. The lowest BCUT2D eigenvalue weighted by Gasteiger charge is -2.11. The number of nitrogens with one attached hydrogen (secondary N) is 2. The van der Waals surface area contributed by atoms with Crippen LogP contribution in [-0.2, 0) is 14.3 Å². The van der Waals surface area contributed by atoms with Crippen molar-refractivity contribution in [2.45, 2.75) is 6.92 Å². The normalized spacial score (nSPS) is 12.5. The van der Waals surface area contributed by atoms with E-state index in [1.807, 2.05) is 6.92 Å². The van der Waals surface area contributed by atoms with Gasteiger partial charge in [0.25, 0.3) is 0 Å². The molecule has 15 heavy (non-hydrogen) atoms. The molecule has 0 aliphatic carbocycles. The number of amides is 1. The van der Waals surface area contributed by atoms with E-state index in [0.717, 1.165) is 13.1 Å². The van der Waals surface area contributed by atoms with Crippen molar-refractivity contribution in [2.75, 3.05) is 47.1 Å². The van der Waals surface area contributed by atoms with E-state index in [4.69, 9.17) is 9.47 Å². The zero-order chi connectivity index (χ0) is 11.5. The van der Waals surface area contributed by atoms with Crippen LogP contribution in [0.15, 0.2) is 0 Å². The van der Waals surface area contributed by atoms with Gasteiger partial charge in [-0.05, 0) is 0 Å². The average molecular weight is 218 g/mol. The second-order valence-corrected chi connectivity index (χ2v) is 3.39. The first-order chi connectivity index (χ1) is 7.22. The number of rotatable bonds is 9. The average Bonchev–Trinajstić information content (AvgIpc) is 2.23. The maximum Gasteiger partial charge on any atom is 0.225 e. The van der Waals surface area contributed by atoms with Crippen LogP contribution in [0, 0.1) is 5.92 Å². The monoisotopic (exact) mass is 218 g/mol. The smallest absolute Gasteiger partial charge is 0.225 e. The standard InChI is InChI=1S/C10H22N2O3/c1-9(8-15-3)10(13)12-5-4-11-6-7-14-2/h9,11H,4-8H2,1-3H3,(H,12,13). The van der Waals surface area contributed by atoms with Gasteiger partial charge in [-0.25, -0.2) is 0 Å². The minimum Gasteiger partial charge on any atom is -0.384 e. The highest BCUT2D eigenvalue weighted by Crippen LogP contribution is 1.93. The Bertz CT molecular complexity index is 165. The predicted octanol–water partition coefficient (Wildman–Crippen LogP) is -0.379. The zero-order valence-electron chi connectivity index (χ0n) is 9.84. The van der Waals surface area contributed by atoms with E-state index >= 15 is 0 Å². The van der Waals surface area contributed by atoms with Crippen LogP contribution in [0.5, 0.6) is 0 Å². The third kappa shape index (κ3) is 8.35. The van der Waals surface area contributed by atoms with Crippen molar-refractivity contribution >= 4 is 5.91 Å². The molecule has 0 aliphatic heterocycles. The van der Waals surface area contributed by atoms with Gasteiger partial charge in [-0.15, -0.1) is 0 Å². The van der Waals surface area contributed by atoms with Crippen LogP contribution in [0.25, 0.3) is 0 Å². The van der Waals surface area contributed by atoms with Gasteiger partial charge in [-0.3, -0.25) is 4.79 Å². The van der Waals surface area contributed by atoms with Crippen LogP contribution in [0.4, 0.5) is 0 Å². The summed E-state index contributed by atoms with van der Waals surface area (Å²) in [6.07, 6.45) is 0. The fraction of sp³-hybridized carbons (Fsp3) is 0.900. The lowest BCUT2D eigenvalue weighted by molar-refractivity contribution is -0.125. The summed E-state index contributed by atoms with van der Waals surface area (Å²) in [7, 11) is 3.26. The first kappa shape index (κ1) is 14.3. The molecule has 0 spiro atoms. The third-order valence-corrected chi connectivity index (χ3v) is 1.95. The summed E-state index contributed by atoms with van der Waals surface area (Å²) < 4.78 is 9.76. The molecule has 0 aromatic heterocycles. The quantitative estimate of drug-likeness (QED) is 0.518. The molecule has 1 atom stereocenters. The summed E-state index contributed by atoms with van der Waals surface area (Å²) in [5.41, 5.74) is 0. The second-order valence-electron chi connectivity index (χ2n) is 3.39. The molecule has 1 unspecified atom stereocenters. The topological polar surface area (TPSA) is 59.6 Å². The van der Waals surface area contributed by atoms with E-state index in [-0.39, 0.29) is 11.8 Å². The van der Waals surface area contributed by atoms with Gasteiger partial charge < -0.3 is 20.1 Å². The highest BCUT2D eigenvalue weighted by molar-refractivity contribution is 5.78. The Kier molecular flexibility index (Phi) is 9.46. The minimum atomic E-state index is -0.0889. The van der Waals surface area contributed by atoms with Crippen molar-refractivity contribution in [3.63, 3.8) is 0 Å². The van der Waals surface area contributed by atoms with E-state index in [2.05, 4.69) is 10.6 Å². The predicted molar refractivity (Wildman–Crippen MR) is 58.8 cm³/mol. The van der Waals surface area contributed by atoms with Crippen molar-refractivity contribution in [3.8, 4) is 0 Å². The molecule has 0 radical (unpaired) electrons. The molecule has 0 aliphatic rings. The van der Waals surface area contributed by atoms with E-state index in [0.29, 0.717) is 19.8 Å². The van der Waals surface area contributed by atoms with E-state index in [9.17, 15) is 4.79 Å². The van der Waals surface area contributed by atoms with E-state index < -0.39 is 0 Å². The lowest BCUT2D eigenvalue weighted by atomic mass is 10.2. The van der Waals surface area contributed by atoms with Crippen LogP contribution in [-0.4, -0.2) is 53.0 Å². The van der Waals surface area contributed by atoms with Gasteiger partial charge in [-0.2, -0.15) is 0 Å². The third-order valence-electron chi connectivity index (χ3n) is 1.95. The van der Waals surface area contributed by atoms with Crippen molar-refractivity contribution in [1.29, 1.82) is 0 Å². The van der Waals surface area contributed by atoms with Crippen LogP contribution in [0.2, 0.25) is 0 Å². The summed E-state index contributed by atoms with van der Waals surface area (Å²) >= 11 is 0. The fourth-order valence-corrected chi connectivity index (χ4v) is 1.07. The van der Waals surface area contributed by atoms with Crippen LogP contribution in [0.1, 0.15) is 6.92 Å². The van der Waals surface area contributed by atoms with Crippen LogP contribution < -0.4 is 10.6 Å². The van der Waals surface area contributed by atoms with Gasteiger partial charge in [-0.1, -0.05) is 6.92 Å². The van der Waals surface area contributed by atoms with Gasteiger partial charge in [0.2, 0.25) is 5.91 Å². The Morgan fingerprint density at radius 3 is 2.53 bits per heavy atom. The summed E-state index contributed by atoms with van der Waals surface area (Å²) in [5, 5.41) is 5.96. The Morgan fingerprint density at radius 2 is 1.93 bits per heavy atom. The Balaban J connectivity index is 3.30. The molecule has 0 saturated heterocycles. The molecular formula is C10H22N2O3. The van der Waals surface area contributed by atoms with Crippen molar-refractivity contribution < 1.29 is 14.3 Å². The highest BCUT2D eigenvalue weighted by atomic mass is 16.5. The molecule has 5 heteroatoms. The number of methoxy groups -OCH3 is 2. The van der Waals surface area contributed by atoms with Gasteiger partial charge in [0.1, 0.15) is 0 Å². The zero-order valence-corrected chi connectivity index (χ0v) is 9.84. The van der Waals surface area contributed by atoms with Crippen molar-refractivity contribution in [3.05, 3.63) is 0 Å². The van der Waals surface area contributed by atoms with Gasteiger partial charge >= 0.3 is 0 Å². The minimum absolute atomic E-state index is 0.0328. The van der Waals surface area contributed by atoms with Crippen LogP contribution >= 0.6 is 0 Å². The van der Waals surface area contributed by atoms with Gasteiger partial charge in [0.05, 0.1) is 19.1 Å². The second kappa shape index (κ2) is 9.89. The Hall–Kier alpha value is -0.650. The lowest BCUT2D eigenvalue weighted by Crippen LogP contribution is -2.36. The van der Waals surface area contributed by atoms with Gasteiger partial charge in [0, 0.05) is 33.9 Å². The number of hydrogen-bond donors (Lipinski definition) is 2. The van der Waals surface area contributed by atoms with Crippen LogP contribution in [0.3, 0.4) is 0 Å². The molecule has 0 aromatic rings. The molecule has 0 rings (SSSR count). The maximum absolute atomic E-state index is 11.4. The molecular weight excluding hydrogens is 196 g/mol. The molecule has 0 bridgehead atoms. The van der Waals surface area contributed by atoms with Crippen molar-refractivity contribution in [1.82, 2.24) is 10.6 Å². The Labute approximate surface area is 91.5 Å².